The van der Waals surface area contributed by atoms with Crippen molar-refractivity contribution in [1.29, 1.82) is 0 Å². The minimum absolute atomic E-state index is 0.0541. The van der Waals surface area contributed by atoms with Gasteiger partial charge in [0.1, 0.15) is 0 Å². The van der Waals surface area contributed by atoms with Gasteiger partial charge in [0.25, 0.3) is 0 Å². The van der Waals surface area contributed by atoms with Crippen LogP contribution < -0.4 is 5.73 Å². The average molecular weight is 169 g/mol. The van der Waals surface area contributed by atoms with Gasteiger partial charge in [-0.25, -0.2) is 0 Å². The van der Waals surface area contributed by atoms with Crippen molar-refractivity contribution in [3.8, 4) is 0 Å². The van der Waals surface area contributed by atoms with Gasteiger partial charge in [0.2, 0.25) is 5.91 Å². The molecule has 2 N–H and O–H groups in total. The van der Waals surface area contributed by atoms with Gasteiger partial charge in [-0.2, -0.15) is 0 Å². The van der Waals surface area contributed by atoms with E-state index in [1.54, 1.807) is 13.8 Å². The van der Waals surface area contributed by atoms with Crippen molar-refractivity contribution in [3.05, 3.63) is 6.42 Å². The third kappa shape index (κ3) is 2.21. The molecule has 1 saturated heterocycles. The van der Waals surface area contributed by atoms with Crippen LogP contribution in [-0.2, 0) is 4.79 Å². The second-order valence-corrected chi connectivity index (χ2v) is 3.90. The summed E-state index contributed by atoms with van der Waals surface area (Å²) in [6, 6.07) is 0. The fourth-order valence-corrected chi connectivity index (χ4v) is 1.36. The summed E-state index contributed by atoms with van der Waals surface area (Å²) in [5, 5.41) is 0. The number of nitrogens with two attached hydrogens (primary N) is 1. The summed E-state index contributed by atoms with van der Waals surface area (Å²) in [4.78, 5) is 13.4. The number of carbonyl (C=O) groups is 1. The zero-order chi connectivity index (χ0) is 9.19. The second-order valence-electron chi connectivity index (χ2n) is 3.90. The average Bonchev–Trinajstić information content (AvgIpc) is 2.03. The standard InChI is InChI=1S/C9H17N2O/c1-9(2,10)8(12)11-6-4-3-5-7-11/h4H,3,5-7,10H2,1-2H3. The van der Waals surface area contributed by atoms with Crippen LogP contribution in [0.25, 0.3) is 0 Å². The summed E-state index contributed by atoms with van der Waals surface area (Å²) >= 11 is 0. The summed E-state index contributed by atoms with van der Waals surface area (Å²) in [5.41, 5.74) is 4.99. The first kappa shape index (κ1) is 9.52. The highest BCUT2D eigenvalue weighted by atomic mass is 16.2. The molecular formula is C9H17N2O. The monoisotopic (exact) mass is 169 g/mol. The van der Waals surface area contributed by atoms with Crippen LogP contribution in [0.15, 0.2) is 0 Å². The minimum Gasteiger partial charge on any atom is -0.341 e. The van der Waals surface area contributed by atoms with Crippen molar-refractivity contribution in [1.82, 2.24) is 4.90 Å². The molecular weight excluding hydrogens is 152 g/mol. The molecule has 0 aromatic carbocycles. The summed E-state index contributed by atoms with van der Waals surface area (Å²) in [6.07, 6.45) is 4.32. The van der Waals surface area contributed by atoms with Gasteiger partial charge < -0.3 is 10.6 Å². The van der Waals surface area contributed by atoms with Gasteiger partial charge in [-0.15, -0.1) is 0 Å². The van der Waals surface area contributed by atoms with Crippen LogP contribution in [0.3, 0.4) is 0 Å². The molecule has 69 valence electrons. The lowest BCUT2D eigenvalue weighted by molar-refractivity contribution is -0.136. The highest BCUT2D eigenvalue weighted by molar-refractivity contribution is 5.85. The zero-order valence-electron chi connectivity index (χ0n) is 7.84. The van der Waals surface area contributed by atoms with E-state index < -0.39 is 5.54 Å². The maximum absolute atomic E-state index is 11.6. The Morgan fingerprint density at radius 2 is 2.25 bits per heavy atom. The highest BCUT2D eigenvalue weighted by Crippen LogP contribution is 2.12. The lowest BCUT2D eigenvalue weighted by Crippen LogP contribution is -2.52. The molecule has 1 radical (unpaired) electrons. The van der Waals surface area contributed by atoms with E-state index in [0.717, 1.165) is 25.9 Å². The van der Waals surface area contributed by atoms with E-state index in [1.165, 1.54) is 0 Å². The van der Waals surface area contributed by atoms with E-state index in [-0.39, 0.29) is 5.91 Å². The Hall–Kier alpha value is -0.570. The quantitative estimate of drug-likeness (QED) is 0.623. The molecule has 1 fully saturated rings. The van der Waals surface area contributed by atoms with Crippen LogP contribution in [0.4, 0.5) is 0 Å². The van der Waals surface area contributed by atoms with E-state index in [1.807, 2.05) is 4.90 Å². The molecule has 0 spiro atoms. The van der Waals surface area contributed by atoms with Crippen LogP contribution in [0.2, 0.25) is 0 Å². The van der Waals surface area contributed by atoms with Crippen LogP contribution in [0.1, 0.15) is 26.7 Å². The van der Waals surface area contributed by atoms with Gasteiger partial charge in [0.15, 0.2) is 0 Å². The molecule has 0 aliphatic carbocycles. The molecule has 0 atom stereocenters. The molecule has 0 bridgehead atoms. The fourth-order valence-electron chi connectivity index (χ4n) is 1.36. The Balaban J connectivity index is 2.51. The summed E-state index contributed by atoms with van der Waals surface area (Å²) in [6.45, 7) is 5.13. The summed E-state index contributed by atoms with van der Waals surface area (Å²) in [7, 11) is 0. The predicted molar refractivity (Wildman–Crippen MR) is 48.4 cm³/mol. The third-order valence-corrected chi connectivity index (χ3v) is 2.02. The second kappa shape index (κ2) is 3.44. The van der Waals surface area contributed by atoms with Crippen LogP contribution >= 0.6 is 0 Å². The fraction of sp³-hybridized carbons (Fsp3) is 0.778. The van der Waals surface area contributed by atoms with Gasteiger partial charge >= 0.3 is 0 Å². The Bertz CT molecular complexity index is 166. The Labute approximate surface area is 73.9 Å². The Morgan fingerprint density at radius 1 is 1.58 bits per heavy atom. The Morgan fingerprint density at radius 3 is 2.67 bits per heavy atom. The van der Waals surface area contributed by atoms with E-state index >= 15 is 0 Å². The first-order valence-electron chi connectivity index (χ1n) is 4.42. The van der Waals surface area contributed by atoms with Crippen LogP contribution in [0.5, 0.6) is 0 Å². The molecule has 1 aliphatic heterocycles. The van der Waals surface area contributed by atoms with E-state index in [2.05, 4.69) is 6.42 Å². The number of piperidine rings is 1. The molecule has 3 nitrogen and oxygen atoms in total. The van der Waals surface area contributed by atoms with Gasteiger partial charge in [-0.3, -0.25) is 4.79 Å². The SMILES string of the molecule is CC(C)(N)C(=O)N1C[CH]CCC1. The lowest BCUT2D eigenvalue weighted by atomic mass is 10.0. The van der Waals surface area contributed by atoms with E-state index in [4.69, 9.17) is 5.73 Å². The predicted octanol–water partition coefficient (Wildman–Crippen LogP) is 0.550. The largest absolute Gasteiger partial charge is 0.341 e. The van der Waals surface area contributed by atoms with E-state index in [9.17, 15) is 4.79 Å². The van der Waals surface area contributed by atoms with Crippen molar-refractivity contribution in [2.75, 3.05) is 13.1 Å². The molecule has 1 heterocycles. The summed E-state index contributed by atoms with van der Waals surface area (Å²) in [5.74, 6) is 0.0541. The number of likely N-dealkylation sites (tertiary alicyclic amines) is 1. The number of rotatable bonds is 1. The highest BCUT2D eigenvalue weighted by Gasteiger charge is 2.28. The molecule has 0 saturated carbocycles. The number of hydrogen-bond donors (Lipinski definition) is 1. The Kier molecular flexibility index (Phi) is 2.73. The zero-order valence-corrected chi connectivity index (χ0v) is 7.84. The van der Waals surface area contributed by atoms with Gasteiger partial charge in [-0.05, 0) is 33.1 Å². The molecule has 3 heteroatoms. The first-order chi connectivity index (χ1) is 5.52. The number of nitrogens with zero attached hydrogens (tertiary/aromatic N) is 1. The maximum atomic E-state index is 11.6. The van der Waals surface area contributed by atoms with Gasteiger partial charge in [0, 0.05) is 13.1 Å². The first-order valence-corrected chi connectivity index (χ1v) is 4.42. The molecule has 0 aromatic rings. The molecule has 12 heavy (non-hydrogen) atoms. The normalized spacial score (nSPS) is 19.4. The number of hydrogen-bond acceptors (Lipinski definition) is 2. The lowest BCUT2D eigenvalue weighted by Gasteiger charge is -2.31. The maximum Gasteiger partial charge on any atom is 0.242 e. The molecule has 1 rings (SSSR count). The van der Waals surface area contributed by atoms with Crippen LogP contribution in [0, 0.1) is 6.42 Å². The summed E-state index contributed by atoms with van der Waals surface area (Å²) < 4.78 is 0. The van der Waals surface area contributed by atoms with Gasteiger partial charge in [-0.1, -0.05) is 0 Å². The van der Waals surface area contributed by atoms with Crippen molar-refractivity contribution >= 4 is 5.91 Å². The smallest absolute Gasteiger partial charge is 0.242 e. The minimum atomic E-state index is -0.717. The van der Waals surface area contributed by atoms with Crippen molar-refractivity contribution in [2.45, 2.75) is 32.2 Å². The topological polar surface area (TPSA) is 46.3 Å². The van der Waals surface area contributed by atoms with Crippen molar-refractivity contribution < 1.29 is 4.79 Å². The van der Waals surface area contributed by atoms with Crippen molar-refractivity contribution in [3.63, 3.8) is 0 Å². The van der Waals surface area contributed by atoms with Crippen LogP contribution in [-0.4, -0.2) is 29.4 Å². The van der Waals surface area contributed by atoms with Gasteiger partial charge in [0.05, 0.1) is 5.54 Å². The number of carbonyl (C=O) groups excluding carboxylic acids is 1. The molecule has 0 unspecified atom stereocenters. The third-order valence-electron chi connectivity index (χ3n) is 2.02. The molecule has 0 aromatic heterocycles. The number of amides is 1. The molecule has 1 aliphatic rings. The van der Waals surface area contributed by atoms with Crippen molar-refractivity contribution in [2.24, 2.45) is 5.73 Å². The van der Waals surface area contributed by atoms with E-state index in [0.29, 0.717) is 0 Å². The molecule has 1 amide bonds.